The van der Waals surface area contributed by atoms with Crippen LogP contribution in [0.3, 0.4) is 0 Å². The molecule has 0 saturated carbocycles. The number of aliphatic hydroxyl groups is 1. The van der Waals surface area contributed by atoms with Gasteiger partial charge in [-0.3, -0.25) is 37.3 Å². The minimum Gasteiger partial charge on any atom is -0.463 e. The molecule has 3 unspecified atom stereocenters. The SMILES string of the molecule is CC[C@H](C)[C@H](N)C(=O)OCC(C)(C)C(=O)OCO[PH](=O)OC(O)(Cc1cccnc1)O[PH](=O)O. The number of aromatic nitrogens is 1. The maximum absolute atomic E-state index is 12.3. The first-order valence-electron chi connectivity index (χ1n) is 10.3. The quantitative estimate of drug-likeness (QED) is 0.169. The van der Waals surface area contributed by atoms with Gasteiger partial charge in [0.2, 0.25) is 6.79 Å². The van der Waals surface area contributed by atoms with Crippen LogP contribution in [-0.2, 0) is 48.2 Å². The highest BCUT2D eigenvalue weighted by molar-refractivity contribution is 7.33. The summed E-state index contributed by atoms with van der Waals surface area (Å²) in [5, 5.41) is 10.3. The van der Waals surface area contributed by atoms with Crippen LogP contribution >= 0.6 is 16.5 Å². The number of hydrogen-bond acceptors (Lipinski definition) is 12. The molecule has 0 radical (unpaired) electrons. The summed E-state index contributed by atoms with van der Waals surface area (Å²) in [6, 6.07) is 2.22. The van der Waals surface area contributed by atoms with Crippen molar-refractivity contribution in [2.75, 3.05) is 13.4 Å². The smallest absolute Gasteiger partial charge is 0.326 e. The van der Waals surface area contributed by atoms with Crippen molar-refractivity contribution in [2.45, 2.75) is 52.6 Å². The minimum atomic E-state index is -3.69. The zero-order chi connectivity index (χ0) is 25.9. The molecule has 0 aliphatic carbocycles. The van der Waals surface area contributed by atoms with E-state index in [0.717, 1.165) is 0 Å². The van der Waals surface area contributed by atoms with Crippen molar-refractivity contribution >= 4 is 28.4 Å². The van der Waals surface area contributed by atoms with E-state index in [2.05, 4.69) is 9.51 Å². The summed E-state index contributed by atoms with van der Waals surface area (Å²) in [5.74, 6) is -4.34. The molecule has 0 amide bonds. The number of esters is 2. The lowest BCUT2D eigenvalue weighted by molar-refractivity contribution is -0.273. The van der Waals surface area contributed by atoms with Gasteiger partial charge in [0.1, 0.15) is 12.6 Å². The van der Waals surface area contributed by atoms with Crippen molar-refractivity contribution in [3.8, 4) is 0 Å². The summed E-state index contributed by atoms with van der Waals surface area (Å²) in [6.07, 6.45) is 2.98. The topological polar surface area (TPSA) is 194 Å². The molecule has 1 aromatic heterocycles. The van der Waals surface area contributed by atoms with Gasteiger partial charge in [-0.25, -0.2) is 0 Å². The largest absolute Gasteiger partial charge is 0.463 e. The number of carbonyl (C=O) groups excluding carboxylic acids is 2. The van der Waals surface area contributed by atoms with Gasteiger partial charge in [0.05, 0.1) is 11.8 Å². The molecule has 1 heterocycles. The summed E-state index contributed by atoms with van der Waals surface area (Å²) < 4.78 is 47.2. The molecule has 1 rings (SSSR count). The van der Waals surface area contributed by atoms with Crippen LogP contribution in [0.5, 0.6) is 0 Å². The number of ether oxygens (including phenoxy) is 2. The molecular weight excluding hydrogens is 494 g/mol. The van der Waals surface area contributed by atoms with E-state index in [9.17, 15) is 23.8 Å². The fraction of sp³-hybridized carbons (Fsp3) is 0.632. The predicted molar refractivity (Wildman–Crippen MR) is 119 cm³/mol. The Kier molecular flexibility index (Phi) is 12.5. The highest BCUT2D eigenvalue weighted by atomic mass is 31.1. The second-order valence-corrected chi connectivity index (χ2v) is 9.80. The van der Waals surface area contributed by atoms with Gasteiger partial charge >= 0.3 is 28.4 Å². The Bertz CT molecular complexity index is 856. The van der Waals surface area contributed by atoms with E-state index in [1.165, 1.54) is 38.4 Å². The molecule has 0 aliphatic rings. The standard InChI is InChI=1S/C19H32N2O11P2/c1-5-13(2)15(20)16(22)28-11-18(3,4)17(23)29-12-30-34(27)32-19(24,31-33(25)26)9-14-7-6-8-21-10-14/h6-8,10,13,15,24,33-34H,5,9,11-12,20H2,1-4H3,(H,25,26)/t13-,15-,19?/m0/s1. The number of nitrogens with zero attached hydrogens (tertiary/aromatic N) is 1. The van der Waals surface area contributed by atoms with E-state index in [0.29, 0.717) is 12.0 Å². The third-order valence-corrected chi connectivity index (χ3v) is 6.00. The number of carbonyl (C=O) groups is 2. The molecule has 0 bridgehead atoms. The molecule has 15 heteroatoms. The molecule has 34 heavy (non-hydrogen) atoms. The van der Waals surface area contributed by atoms with Crippen LogP contribution in [0.2, 0.25) is 0 Å². The van der Waals surface area contributed by atoms with Gasteiger partial charge in [-0.05, 0) is 31.4 Å². The lowest BCUT2D eigenvalue weighted by Gasteiger charge is -2.26. The van der Waals surface area contributed by atoms with Crippen molar-refractivity contribution in [1.29, 1.82) is 0 Å². The first kappa shape index (κ1) is 30.3. The average Bonchev–Trinajstić information content (AvgIpc) is 2.75. The van der Waals surface area contributed by atoms with E-state index < -0.39 is 59.1 Å². The molecule has 0 aromatic carbocycles. The zero-order valence-corrected chi connectivity index (χ0v) is 21.4. The number of nitrogens with two attached hydrogens (primary N) is 1. The van der Waals surface area contributed by atoms with Gasteiger partial charge < -0.3 is 25.2 Å². The van der Waals surface area contributed by atoms with Crippen LogP contribution in [0, 0.1) is 11.3 Å². The van der Waals surface area contributed by atoms with Gasteiger partial charge in [-0.2, -0.15) is 0 Å². The molecule has 194 valence electrons. The zero-order valence-electron chi connectivity index (χ0n) is 19.4. The molecule has 4 N–H and O–H groups in total. The molecule has 0 saturated heterocycles. The molecule has 1 aromatic rings. The number of pyridine rings is 1. The lowest BCUT2D eigenvalue weighted by atomic mass is 9.95. The van der Waals surface area contributed by atoms with Crippen molar-refractivity contribution in [3.63, 3.8) is 0 Å². The first-order chi connectivity index (χ1) is 15.8. The second kappa shape index (κ2) is 14.0. The van der Waals surface area contributed by atoms with Gasteiger partial charge in [-0.1, -0.05) is 26.3 Å². The number of hydrogen-bond donors (Lipinski definition) is 3. The average molecular weight is 526 g/mol. The molecule has 0 fully saturated rings. The maximum Gasteiger partial charge on any atom is 0.326 e. The van der Waals surface area contributed by atoms with Crippen molar-refractivity contribution in [2.24, 2.45) is 17.1 Å². The van der Waals surface area contributed by atoms with E-state index in [4.69, 9.17) is 29.1 Å². The lowest BCUT2D eigenvalue weighted by Crippen LogP contribution is -2.41. The van der Waals surface area contributed by atoms with Gasteiger partial charge in [0.25, 0.3) is 5.97 Å². The first-order valence-corrected chi connectivity index (χ1v) is 12.8. The Morgan fingerprint density at radius 3 is 2.47 bits per heavy atom. The summed E-state index contributed by atoms with van der Waals surface area (Å²) in [5.41, 5.74) is 4.87. The summed E-state index contributed by atoms with van der Waals surface area (Å²) >= 11 is 0. The molecule has 0 aliphatic heterocycles. The second-order valence-electron chi connectivity index (χ2n) is 8.07. The van der Waals surface area contributed by atoms with E-state index in [1.807, 2.05) is 6.92 Å². The Hall–Kier alpha value is -1.69. The predicted octanol–water partition coefficient (Wildman–Crippen LogP) is 1.54. The van der Waals surface area contributed by atoms with Crippen LogP contribution in [0.1, 0.15) is 39.7 Å². The van der Waals surface area contributed by atoms with Crippen molar-refractivity contribution in [1.82, 2.24) is 4.98 Å². The van der Waals surface area contributed by atoms with Gasteiger partial charge in [-0.15, -0.1) is 0 Å². The van der Waals surface area contributed by atoms with Crippen molar-refractivity contribution in [3.05, 3.63) is 30.1 Å². The normalized spacial score (nSPS) is 17.1. The van der Waals surface area contributed by atoms with Crippen LogP contribution in [-0.4, -0.2) is 52.3 Å². The van der Waals surface area contributed by atoms with E-state index in [1.54, 1.807) is 6.92 Å². The fourth-order valence-corrected chi connectivity index (χ4v) is 3.43. The Morgan fingerprint density at radius 2 is 1.91 bits per heavy atom. The van der Waals surface area contributed by atoms with Crippen LogP contribution in [0.4, 0.5) is 0 Å². The maximum atomic E-state index is 12.3. The van der Waals surface area contributed by atoms with E-state index in [-0.39, 0.29) is 12.5 Å². The minimum absolute atomic E-state index is 0.0981. The van der Waals surface area contributed by atoms with E-state index >= 15 is 0 Å². The summed E-state index contributed by atoms with van der Waals surface area (Å²) in [7, 11) is -7.25. The monoisotopic (exact) mass is 526 g/mol. The van der Waals surface area contributed by atoms with Gasteiger partial charge in [0, 0.05) is 12.4 Å². The summed E-state index contributed by atoms with van der Waals surface area (Å²) in [6.45, 7) is 5.44. The molecule has 0 spiro atoms. The highest BCUT2D eigenvalue weighted by Gasteiger charge is 2.36. The third-order valence-electron chi connectivity index (χ3n) is 4.66. The molecular formula is C19H32N2O11P2. The highest BCUT2D eigenvalue weighted by Crippen LogP contribution is 2.37. The van der Waals surface area contributed by atoms with Crippen LogP contribution in [0.15, 0.2) is 24.5 Å². The van der Waals surface area contributed by atoms with Crippen LogP contribution in [0.25, 0.3) is 0 Å². The Balaban J connectivity index is 2.57. The van der Waals surface area contributed by atoms with Crippen molar-refractivity contribution < 1.29 is 51.8 Å². The third kappa shape index (κ3) is 10.7. The number of rotatable bonds is 15. The molecule has 13 nitrogen and oxygen atoms in total. The Labute approximate surface area is 198 Å². The fourth-order valence-electron chi connectivity index (χ4n) is 2.37. The Morgan fingerprint density at radius 1 is 1.24 bits per heavy atom. The summed E-state index contributed by atoms with van der Waals surface area (Å²) in [4.78, 5) is 37.1. The van der Waals surface area contributed by atoms with Crippen LogP contribution < -0.4 is 5.73 Å². The molecule has 5 atom stereocenters. The van der Waals surface area contributed by atoms with Gasteiger partial charge in [0.15, 0.2) is 0 Å².